The summed E-state index contributed by atoms with van der Waals surface area (Å²) in [5, 5.41) is 4.62. The first-order valence-corrected chi connectivity index (χ1v) is 9.62. The Balaban J connectivity index is 1.52. The highest BCUT2D eigenvalue weighted by Crippen LogP contribution is 2.25. The predicted molar refractivity (Wildman–Crippen MR) is 111 cm³/mol. The summed E-state index contributed by atoms with van der Waals surface area (Å²) < 4.78 is 8.33. The monoisotopic (exact) mass is 387 g/mol. The molecule has 0 N–H and O–H groups in total. The zero-order valence-electron chi connectivity index (χ0n) is 16.2. The van der Waals surface area contributed by atoms with Crippen molar-refractivity contribution in [3.63, 3.8) is 0 Å². The molecule has 0 saturated carbocycles. The number of hydrogen-bond donors (Lipinski definition) is 0. The summed E-state index contributed by atoms with van der Waals surface area (Å²) >= 11 is 0. The first-order valence-electron chi connectivity index (χ1n) is 9.62. The Morgan fingerprint density at radius 1 is 1.10 bits per heavy atom. The van der Waals surface area contributed by atoms with E-state index in [9.17, 15) is 4.79 Å². The van der Waals surface area contributed by atoms with Crippen molar-refractivity contribution in [2.45, 2.75) is 19.5 Å². The van der Waals surface area contributed by atoms with E-state index in [1.807, 2.05) is 24.3 Å². The Morgan fingerprint density at radius 3 is 2.83 bits per heavy atom. The van der Waals surface area contributed by atoms with Crippen LogP contribution in [0.1, 0.15) is 16.7 Å². The lowest BCUT2D eigenvalue weighted by molar-refractivity contribution is 0.414. The van der Waals surface area contributed by atoms with Crippen LogP contribution < -0.4 is 15.3 Å². The van der Waals surface area contributed by atoms with Crippen molar-refractivity contribution < 1.29 is 4.74 Å². The maximum absolute atomic E-state index is 12.9. The zero-order chi connectivity index (χ0) is 19.8. The average Bonchev–Trinajstić information content (AvgIpc) is 3.09. The molecule has 0 fully saturated rings. The summed E-state index contributed by atoms with van der Waals surface area (Å²) in [7, 11) is 1.63. The molecular weight excluding hydrogens is 366 g/mol. The van der Waals surface area contributed by atoms with E-state index in [2.05, 4.69) is 39.2 Å². The molecule has 7 nitrogen and oxygen atoms in total. The molecule has 146 valence electrons. The Bertz CT molecular complexity index is 1240. The second-order valence-electron chi connectivity index (χ2n) is 7.18. The molecule has 3 heterocycles. The Hall–Kier alpha value is -3.61. The molecule has 0 amide bonds. The summed E-state index contributed by atoms with van der Waals surface area (Å²) in [6, 6.07) is 16.1. The van der Waals surface area contributed by atoms with Crippen molar-refractivity contribution in [3.05, 3.63) is 88.1 Å². The lowest BCUT2D eigenvalue weighted by Crippen LogP contribution is -2.31. The van der Waals surface area contributed by atoms with Gasteiger partial charge < -0.3 is 9.64 Å². The molecule has 0 aliphatic carbocycles. The minimum absolute atomic E-state index is 0.177. The maximum Gasteiger partial charge on any atom is 0.350 e. The van der Waals surface area contributed by atoms with Crippen LogP contribution in [0.3, 0.4) is 0 Å². The second-order valence-corrected chi connectivity index (χ2v) is 7.18. The molecule has 0 bridgehead atoms. The molecule has 0 unspecified atom stereocenters. The van der Waals surface area contributed by atoms with Crippen LogP contribution >= 0.6 is 0 Å². The smallest absolute Gasteiger partial charge is 0.350 e. The molecular formula is C22H21N5O2. The molecule has 0 atom stereocenters. The summed E-state index contributed by atoms with van der Waals surface area (Å²) in [4.78, 5) is 19.7. The number of rotatable bonds is 4. The lowest BCUT2D eigenvalue weighted by Gasteiger charge is -2.29. The van der Waals surface area contributed by atoms with Gasteiger partial charge in [0.05, 0.1) is 13.7 Å². The van der Waals surface area contributed by atoms with E-state index < -0.39 is 0 Å². The van der Waals surface area contributed by atoms with Crippen LogP contribution in [0, 0.1) is 0 Å². The number of benzene rings is 2. The van der Waals surface area contributed by atoms with Crippen molar-refractivity contribution in [2.24, 2.45) is 0 Å². The number of nitrogens with zero attached hydrogens (tertiary/aromatic N) is 5. The van der Waals surface area contributed by atoms with Crippen molar-refractivity contribution in [1.29, 1.82) is 0 Å². The first kappa shape index (κ1) is 17.5. The fourth-order valence-corrected chi connectivity index (χ4v) is 3.88. The van der Waals surface area contributed by atoms with Crippen molar-refractivity contribution in [3.8, 4) is 5.75 Å². The third-order valence-electron chi connectivity index (χ3n) is 5.38. The average molecular weight is 387 g/mol. The molecule has 29 heavy (non-hydrogen) atoms. The predicted octanol–water partition coefficient (Wildman–Crippen LogP) is 2.51. The maximum atomic E-state index is 12.9. The fraction of sp³-hybridized carbons (Fsp3) is 0.227. The van der Waals surface area contributed by atoms with Gasteiger partial charge >= 0.3 is 5.69 Å². The molecule has 7 heteroatoms. The van der Waals surface area contributed by atoms with Gasteiger partial charge in [0.2, 0.25) is 5.65 Å². The van der Waals surface area contributed by atoms with Crippen LogP contribution in [0.25, 0.3) is 5.65 Å². The van der Waals surface area contributed by atoms with Crippen LogP contribution in [0.4, 0.5) is 5.82 Å². The third kappa shape index (κ3) is 3.14. The normalized spacial score (nSPS) is 13.5. The van der Waals surface area contributed by atoms with Crippen LogP contribution in [-0.2, 0) is 19.5 Å². The Morgan fingerprint density at radius 2 is 1.97 bits per heavy atom. The van der Waals surface area contributed by atoms with Gasteiger partial charge in [0.1, 0.15) is 5.75 Å². The zero-order valence-corrected chi connectivity index (χ0v) is 16.2. The van der Waals surface area contributed by atoms with E-state index in [-0.39, 0.29) is 5.69 Å². The van der Waals surface area contributed by atoms with Gasteiger partial charge in [-0.3, -0.25) is 0 Å². The first-order chi connectivity index (χ1) is 14.2. The second kappa shape index (κ2) is 7.09. The highest BCUT2D eigenvalue weighted by molar-refractivity contribution is 5.64. The van der Waals surface area contributed by atoms with Gasteiger partial charge in [-0.05, 0) is 35.2 Å². The van der Waals surface area contributed by atoms with Gasteiger partial charge in [-0.1, -0.05) is 36.4 Å². The molecule has 2 aromatic heterocycles. The Labute approximate surface area is 167 Å². The van der Waals surface area contributed by atoms with E-state index in [1.165, 1.54) is 15.8 Å². The topological polar surface area (TPSA) is 64.7 Å². The lowest BCUT2D eigenvalue weighted by atomic mass is 10.00. The molecule has 1 aliphatic heterocycles. The van der Waals surface area contributed by atoms with Crippen molar-refractivity contribution in [1.82, 2.24) is 19.2 Å². The quantitative estimate of drug-likeness (QED) is 0.538. The highest BCUT2D eigenvalue weighted by Gasteiger charge is 2.21. The van der Waals surface area contributed by atoms with Crippen LogP contribution in [-0.4, -0.2) is 32.8 Å². The van der Waals surface area contributed by atoms with Gasteiger partial charge in [0.15, 0.2) is 5.82 Å². The Kier molecular flexibility index (Phi) is 4.27. The van der Waals surface area contributed by atoms with Crippen LogP contribution in [0.2, 0.25) is 0 Å². The molecule has 1 aliphatic rings. The van der Waals surface area contributed by atoms with E-state index in [4.69, 9.17) is 4.74 Å². The number of anilines is 1. The fourth-order valence-electron chi connectivity index (χ4n) is 3.88. The molecule has 4 aromatic rings. The largest absolute Gasteiger partial charge is 0.497 e. The summed E-state index contributed by atoms with van der Waals surface area (Å²) in [6.07, 6.45) is 4.30. The summed E-state index contributed by atoms with van der Waals surface area (Å²) in [6.45, 7) is 1.99. The molecule has 5 rings (SSSR count). The van der Waals surface area contributed by atoms with Gasteiger partial charge in [-0.2, -0.15) is 0 Å². The third-order valence-corrected chi connectivity index (χ3v) is 5.38. The number of hydrogen-bond acceptors (Lipinski definition) is 5. The van der Waals surface area contributed by atoms with Gasteiger partial charge in [0, 0.05) is 25.5 Å². The van der Waals surface area contributed by atoms with Crippen molar-refractivity contribution in [2.75, 3.05) is 18.6 Å². The van der Waals surface area contributed by atoms with Crippen LogP contribution in [0.5, 0.6) is 5.75 Å². The number of methoxy groups -OCH3 is 1. The van der Waals surface area contributed by atoms with E-state index in [0.717, 1.165) is 36.6 Å². The molecule has 0 radical (unpaired) electrons. The highest BCUT2D eigenvalue weighted by atomic mass is 16.5. The van der Waals surface area contributed by atoms with Crippen LogP contribution in [0.15, 0.2) is 65.7 Å². The minimum atomic E-state index is -0.177. The number of ether oxygens (including phenoxy) is 1. The SMILES string of the molecule is COc1cccc(Cn2nc3c(N4CCc5ccccc5C4)nccn3c2=O)c1. The number of aromatic nitrogens is 4. The van der Waals surface area contributed by atoms with Gasteiger partial charge in [0.25, 0.3) is 0 Å². The summed E-state index contributed by atoms with van der Waals surface area (Å²) in [5.41, 5.74) is 4.03. The molecule has 2 aromatic carbocycles. The molecule has 0 saturated heterocycles. The minimum Gasteiger partial charge on any atom is -0.497 e. The van der Waals surface area contributed by atoms with E-state index in [0.29, 0.717) is 12.2 Å². The summed E-state index contributed by atoms with van der Waals surface area (Å²) in [5.74, 6) is 1.50. The number of fused-ring (bicyclic) bond motifs is 2. The van der Waals surface area contributed by atoms with Gasteiger partial charge in [-0.15, -0.1) is 5.10 Å². The van der Waals surface area contributed by atoms with E-state index in [1.54, 1.807) is 23.9 Å². The van der Waals surface area contributed by atoms with Crippen molar-refractivity contribution >= 4 is 11.5 Å². The van der Waals surface area contributed by atoms with E-state index >= 15 is 0 Å². The molecule has 0 spiro atoms. The standard InChI is InChI=1S/C22H21N5O2/c1-29-19-8-4-5-16(13-19)14-27-22(28)26-12-10-23-20(21(26)24-27)25-11-9-17-6-2-3-7-18(17)15-25/h2-8,10,12-13H,9,11,14-15H2,1H3. The van der Waals surface area contributed by atoms with Gasteiger partial charge in [-0.25, -0.2) is 18.9 Å².